The van der Waals surface area contributed by atoms with Crippen LogP contribution in [0.15, 0.2) is 24.3 Å². The number of nitrogens with one attached hydrogen (secondary N) is 1. The van der Waals surface area contributed by atoms with Crippen molar-refractivity contribution in [2.45, 2.75) is 57.9 Å². The van der Waals surface area contributed by atoms with Gasteiger partial charge >= 0.3 is 6.18 Å². The minimum absolute atomic E-state index is 0.247. The molecule has 0 aliphatic carbocycles. The molecule has 5 heteroatoms. The Hall–Kier alpha value is -1.07. The second-order valence-corrected chi connectivity index (χ2v) is 5.44. The maximum Gasteiger partial charge on any atom is 0.416 e. The van der Waals surface area contributed by atoms with Crippen molar-refractivity contribution in [3.05, 3.63) is 35.4 Å². The Morgan fingerprint density at radius 3 is 2.57 bits per heavy atom. The molecule has 0 aromatic heterocycles. The van der Waals surface area contributed by atoms with Crippen LogP contribution >= 0.6 is 0 Å². The molecule has 2 N–H and O–H groups in total. The molecule has 21 heavy (non-hydrogen) atoms. The van der Waals surface area contributed by atoms with Gasteiger partial charge in [-0.05, 0) is 31.0 Å². The number of unbranched alkanes of at least 4 members (excludes halogenated alkanes) is 2. The van der Waals surface area contributed by atoms with Crippen molar-refractivity contribution in [2.75, 3.05) is 6.54 Å². The van der Waals surface area contributed by atoms with E-state index in [1.807, 2.05) is 6.92 Å². The zero-order chi connectivity index (χ0) is 15.9. The van der Waals surface area contributed by atoms with E-state index >= 15 is 0 Å². The first-order chi connectivity index (χ1) is 9.84. The number of halogens is 3. The highest BCUT2D eigenvalue weighted by Gasteiger charge is 2.30. The number of hydrogen-bond acceptors (Lipinski definition) is 2. The fourth-order valence-corrected chi connectivity index (χ4v) is 2.16. The lowest BCUT2D eigenvalue weighted by atomic mass is 10.0. The molecule has 1 rings (SSSR count). The fourth-order valence-electron chi connectivity index (χ4n) is 2.16. The Kier molecular flexibility index (Phi) is 7.18. The number of alkyl halides is 3. The smallest absolute Gasteiger partial charge is 0.387 e. The Morgan fingerprint density at radius 1 is 1.24 bits per heavy atom. The minimum Gasteiger partial charge on any atom is -0.387 e. The highest BCUT2D eigenvalue weighted by molar-refractivity contribution is 5.27. The van der Waals surface area contributed by atoms with Crippen LogP contribution in [0.3, 0.4) is 0 Å². The van der Waals surface area contributed by atoms with Crippen molar-refractivity contribution in [1.29, 1.82) is 0 Å². The maximum atomic E-state index is 12.6. The SMILES string of the molecule is CCCCCC(C)NCC(O)c1cccc(C(F)(F)F)c1. The lowest BCUT2D eigenvalue weighted by molar-refractivity contribution is -0.137. The molecule has 2 atom stereocenters. The molecule has 2 nitrogen and oxygen atoms in total. The van der Waals surface area contributed by atoms with E-state index in [9.17, 15) is 18.3 Å². The van der Waals surface area contributed by atoms with Gasteiger partial charge in [0.05, 0.1) is 11.7 Å². The van der Waals surface area contributed by atoms with Crippen LogP contribution in [0.2, 0.25) is 0 Å². The molecular formula is C16H24F3NO. The predicted molar refractivity (Wildman–Crippen MR) is 78.0 cm³/mol. The van der Waals surface area contributed by atoms with Crippen molar-refractivity contribution in [3.8, 4) is 0 Å². The quantitative estimate of drug-likeness (QED) is 0.702. The average molecular weight is 303 g/mol. The van der Waals surface area contributed by atoms with E-state index in [-0.39, 0.29) is 18.2 Å². The summed E-state index contributed by atoms with van der Waals surface area (Å²) < 4.78 is 37.9. The molecule has 0 aliphatic heterocycles. The van der Waals surface area contributed by atoms with Crippen LogP contribution < -0.4 is 5.32 Å². The highest BCUT2D eigenvalue weighted by atomic mass is 19.4. The second kappa shape index (κ2) is 8.39. The normalized spacial score (nSPS) is 15.0. The van der Waals surface area contributed by atoms with Crippen LogP contribution in [0.1, 0.15) is 56.8 Å². The van der Waals surface area contributed by atoms with E-state index in [1.54, 1.807) is 0 Å². The zero-order valence-corrected chi connectivity index (χ0v) is 12.6. The van der Waals surface area contributed by atoms with E-state index in [4.69, 9.17) is 0 Å². The van der Waals surface area contributed by atoms with Crippen molar-refractivity contribution in [1.82, 2.24) is 5.32 Å². The molecule has 2 unspecified atom stereocenters. The number of rotatable bonds is 8. The van der Waals surface area contributed by atoms with Gasteiger partial charge in [-0.25, -0.2) is 0 Å². The summed E-state index contributed by atoms with van der Waals surface area (Å²) in [6.45, 7) is 4.42. The third kappa shape index (κ3) is 6.48. The largest absolute Gasteiger partial charge is 0.416 e. The molecule has 0 fully saturated rings. The zero-order valence-electron chi connectivity index (χ0n) is 12.6. The second-order valence-electron chi connectivity index (χ2n) is 5.44. The number of aliphatic hydroxyl groups is 1. The van der Waals surface area contributed by atoms with Crippen molar-refractivity contribution in [2.24, 2.45) is 0 Å². The summed E-state index contributed by atoms with van der Waals surface area (Å²) in [5.41, 5.74) is -0.437. The van der Waals surface area contributed by atoms with Crippen molar-refractivity contribution < 1.29 is 18.3 Å². The lowest BCUT2D eigenvalue weighted by Crippen LogP contribution is -2.30. The van der Waals surface area contributed by atoms with Gasteiger partial charge in [0.1, 0.15) is 0 Å². The summed E-state index contributed by atoms with van der Waals surface area (Å²) in [4.78, 5) is 0. The van der Waals surface area contributed by atoms with Crippen LogP contribution in [0.25, 0.3) is 0 Å². The Bertz CT molecular complexity index is 420. The third-order valence-corrected chi connectivity index (χ3v) is 3.50. The highest BCUT2D eigenvalue weighted by Crippen LogP contribution is 2.30. The maximum absolute atomic E-state index is 12.6. The van der Waals surface area contributed by atoms with Gasteiger partial charge in [0.25, 0.3) is 0 Å². The molecule has 0 saturated heterocycles. The van der Waals surface area contributed by atoms with Gasteiger partial charge in [0.15, 0.2) is 0 Å². The Morgan fingerprint density at radius 2 is 1.95 bits per heavy atom. The Labute approximate surface area is 124 Å². The average Bonchev–Trinajstić information content (AvgIpc) is 2.44. The van der Waals surface area contributed by atoms with Crippen LogP contribution in [-0.2, 0) is 6.18 Å². The molecule has 0 saturated carbocycles. The van der Waals surface area contributed by atoms with Crippen LogP contribution in [0, 0.1) is 0 Å². The summed E-state index contributed by atoms with van der Waals surface area (Å²) in [7, 11) is 0. The molecule has 1 aromatic rings. The van der Waals surface area contributed by atoms with E-state index in [0.29, 0.717) is 0 Å². The monoisotopic (exact) mass is 303 g/mol. The molecule has 0 spiro atoms. The molecule has 0 bridgehead atoms. The van der Waals surface area contributed by atoms with Gasteiger partial charge in [-0.15, -0.1) is 0 Å². The van der Waals surface area contributed by atoms with E-state index in [0.717, 1.165) is 31.4 Å². The van der Waals surface area contributed by atoms with Crippen molar-refractivity contribution >= 4 is 0 Å². The molecular weight excluding hydrogens is 279 g/mol. The molecule has 0 aliphatic rings. The summed E-state index contributed by atoms with van der Waals surface area (Å²) in [6, 6.07) is 5.11. The summed E-state index contributed by atoms with van der Waals surface area (Å²) in [5, 5.41) is 13.2. The van der Waals surface area contributed by atoms with Gasteiger partial charge < -0.3 is 10.4 Å². The predicted octanol–water partition coefficient (Wildman–Crippen LogP) is 4.30. The first-order valence-corrected chi connectivity index (χ1v) is 7.43. The van der Waals surface area contributed by atoms with Crippen molar-refractivity contribution in [3.63, 3.8) is 0 Å². The molecule has 0 amide bonds. The van der Waals surface area contributed by atoms with Crippen LogP contribution in [0.5, 0.6) is 0 Å². The van der Waals surface area contributed by atoms with Crippen LogP contribution in [-0.4, -0.2) is 17.7 Å². The first-order valence-electron chi connectivity index (χ1n) is 7.43. The molecule has 0 heterocycles. The summed E-state index contributed by atoms with van der Waals surface area (Å²) in [5.74, 6) is 0. The molecule has 1 aromatic carbocycles. The molecule has 0 radical (unpaired) electrons. The van der Waals surface area contributed by atoms with Gasteiger partial charge in [-0.2, -0.15) is 13.2 Å². The van der Waals surface area contributed by atoms with Gasteiger partial charge in [-0.1, -0.05) is 38.3 Å². The molecule has 120 valence electrons. The summed E-state index contributed by atoms with van der Waals surface area (Å²) >= 11 is 0. The van der Waals surface area contributed by atoms with E-state index < -0.39 is 17.8 Å². The minimum atomic E-state index is -4.38. The van der Waals surface area contributed by atoms with Gasteiger partial charge in [0.2, 0.25) is 0 Å². The van der Waals surface area contributed by atoms with E-state index in [2.05, 4.69) is 12.2 Å². The number of benzene rings is 1. The third-order valence-electron chi connectivity index (χ3n) is 3.50. The summed E-state index contributed by atoms with van der Waals surface area (Å²) in [6.07, 6.45) is -0.868. The Balaban J connectivity index is 2.50. The topological polar surface area (TPSA) is 32.3 Å². The van der Waals surface area contributed by atoms with Gasteiger partial charge in [0, 0.05) is 12.6 Å². The van der Waals surface area contributed by atoms with Gasteiger partial charge in [-0.3, -0.25) is 0 Å². The number of hydrogen-bond donors (Lipinski definition) is 2. The van der Waals surface area contributed by atoms with E-state index in [1.165, 1.54) is 18.6 Å². The first kappa shape index (κ1) is 18.0. The fraction of sp³-hybridized carbons (Fsp3) is 0.625. The lowest BCUT2D eigenvalue weighted by Gasteiger charge is -2.18. The number of aliphatic hydroxyl groups excluding tert-OH is 1. The van der Waals surface area contributed by atoms with Crippen LogP contribution in [0.4, 0.5) is 13.2 Å². The standard InChI is InChI=1S/C16H24F3NO/c1-3-4-5-7-12(2)20-11-15(21)13-8-6-9-14(10-13)16(17,18)19/h6,8-10,12,15,20-21H,3-5,7,11H2,1-2H3.